The fourth-order valence-electron chi connectivity index (χ4n) is 2.62. The van der Waals surface area contributed by atoms with E-state index < -0.39 is 51.5 Å². The van der Waals surface area contributed by atoms with Crippen molar-refractivity contribution in [2.75, 3.05) is 7.11 Å². The second-order valence-corrected chi connectivity index (χ2v) is 9.44. The molecule has 2 N–H and O–H groups in total. The predicted octanol–water partition coefficient (Wildman–Crippen LogP) is 2.91. The van der Waals surface area contributed by atoms with Gasteiger partial charge in [0.15, 0.2) is 0 Å². The number of carbonyl (C=O) groups excluding carboxylic acids is 1. The summed E-state index contributed by atoms with van der Waals surface area (Å²) in [5, 5.41) is -0.0724. The lowest BCUT2D eigenvalue weighted by Crippen LogP contribution is -2.37. The number of carbonyl (C=O) groups is 1. The standard InChI is InChI=1S/C18H22F3N3O4S/c1-9-22-13-7-12(18(19,20)21)10(6-11(13)16(26)23-9)14(8-15(25)28-5)24-29(27)17(2,3)4/h6-7,14,24H,8H2,1-5H3,(H,22,23,26)/t14?,29-/m0/s1. The maximum absolute atomic E-state index is 13.8. The predicted molar refractivity (Wildman–Crippen MR) is 103 cm³/mol. The first kappa shape index (κ1) is 23.0. The van der Waals surface area contributed by atoms with Crippen molar-refractivity contribution in [2.45, 2.75) is 51.1 Å². The highest BCUT2D eigenvalue weighted by molar-refractivity contribution is 7.84. The summed E-state index contributed by atoms with van der Waals surface area (Å²) in [5.74, 6) is -0.626. The maximum Gasteiger partial charge on any atom is 0.416 e. The van der Waals surface area contributed by atoms with Gasteiger partial charge in [0.2, 0.25) is 0 Å². The molecule has 0 aliphatic heterocycles. The number of nitrogens with one attached hydrogen (secondary N) is 2. The van der Waals surface area contributed by atoms with Gasteiger partial charge in [-0.1, -0.05) is 0 Å². The Morgan fingerprint density at radius 3 is 2.45 bits per heavy atom. The van der Waals surface area contributed by atoms with E-state index in [4.69, 9.17) is 0 Å². The molecule has 0 spiro atoms. The molecule has 0 aliphatic carbocycles. The molecule has 0 aliphatic rings. The molecule has 2 atom stereocenters. The third-order valence-corrected chi connectivity index (χ3v) is 5.69. The minimum Gasteiger partial charge on any atom is -0.469 e. The number of aromatic nitrogens is 2. The van der Waals surface area contributed by atoms with E-state index in [2.05, 4.69) is 19.4 Å². The monoisotopic (exact) mass is 433 g/mol. The summed E-state index contributed by atoms with van der Waals surface area (Å²) < 4.78 is 60.3. The molecule has 0 bridgehead atoms. The smallest absolute Gasteiger partial charge is 0.416 e. The highest BCUT2D eigenvalue weighted by atomic mass is 32.2. The Labute approximate surface area is 167 Å². The van der Waals surface area contributed by atoms with Gasteiger partial charge in [-0.3, -0.25) is 9.59 Å². The molecule has 2 aromatic rings. The van der Waals surface area contributed by atoms with Crippen LogP contribution in [0.15, 0.2) is 16.9 Å². The first-order valence-electron chi connectivity index (χ1n) is 8.60. The number of aromatic amines is 1. The van der Waals surface area contributed by atoms with Crippen molar-refractivity contribution in [2.24, 2.45) is 0 Å². The highest BCUT2D eigenvalue weighted by Gasteiger charge is 2.38. The SMILES string of the molecule is COC(=O)CC(N[S@@](=O)C(C)(C)C)c1cc2c(=O)[nH]c(C)nc2cc1C(F)(F)F. The Morgan fingerprint density at radius 2 is 1.93 bits per heavy atom. The van der Waals surface area contributed by atoms with Gasteiger partial charge in [-0.05, 0) is 45.4 Å². The molecule has 1 aromatic heterocycles. The van der Waals surface area contributed by atoms with E-state index in [0.717, 1.165) is 19.2 Å². The Morgan fingerprint density at radius 1 is 1.31 bits per heavy atom. The van der Waals surface area contributed by atoms with Crippen LogP contribution < -0.4 is 10.3 Å². The van der Waals surface area contributed by atoms with Gasteiger partial charge in [0.1, 0.15) is 5.82 Å². The van der Waals surface area contributed by atoms with Gasteiger partial charge in [-0.2, -0.15) is 13.2 Å². The summed E-state index contributed by atoms with van der Waals surface area (Å²) in [6.07, 6.45) is -5.30. The fraction of sp³-hybridized carbons (Fsp3) is 0.500. The van der Waals surface area contributed by atoms with Crippen molar-refractivity contribution < 1.29 is 26.9 Å². The molecular formula is C18H22F3N3O4S. The van der Waals surface area contributed by atoms with Crippen molar-refractivity contribution >= 4 is 27.9 Å². The Balaban J connectivity index is 2.75. The summed E-state index contributed by atoms with van der Waals surface area (Å²) in [7, 11) is -0.691. The quantitative estimate of drug-likeness (QED) is 0.706. The fourth-order valence-corrected chi connectivity index (χ4v) is 3.45. The van der Waals surface area contributed by atoms with Crippen molar-refractivity contribution in [1.29, 1.82) is 0 Å². The zero-order valence-corrected chi connectivity index (χ0v) is 17.4. The number of aryl methyl sites for hydroxylation is 1. The minimum absolute atomic E-state index is 0.0724. The number of fused-ring (bicyclic) bond motifs is 1. The largest absolute Gasteiger partial charge is 0.469 e. The van der Waals surface area contributed by atoms with E-state index in [9.17, 15) is 27.0 Å². The number of halogens is 3. The van der Waals surface area contributed by atoms with Crippen LogP contribution in [0.3, 0.4) is 0 Å². The summed E-state index contributed by atoms with van der Waals surface area (Å²) in [4.78, 5) is 30.5. The third kappa shape index (κ3) is 5.41. The second-order valence-electron chi connectivity index (χ2n) is 7.44. The topological polar surface area (TPSA) is 101 Å². The van der Waals surface area contributed by atoms with Crippen LogP contribution in [0.1, 0.15) is 50.2 Å². The number of benzene rings is 1. The molecule has 1 unspecified atom stereocenters. The van der Waals surface area contributed by atoms with Gasteiger partial charge in [-0.15, -0.1) is 0 Å². The van der Waals surface area contributed by atoms with Crippen LogP contribution in [0.5, 0.6) is 0 Å². The molecule has 1 heterocycles. The van der Waals surface area contributed by atoms with Crippen molar-refractivity contribution in [3.63, 3.8) is 0 Å². The van der Waals surface area contributed by atoms with Crippen LogP contribution in [0.4, 0.5) is 13.2 Å². The Kier molecular flexibility index (Phi) is 6.53. The van der Waals surface area contributed by atoms with Crippen LogP contribution in [0.2, 0.25) is 0 Å². The lowest BCUT2D eigenvalue weighted by Gasteiger charge is -2.26. The van der Waals surface area contributed by atoms with E-state index in [-0.39, 0.29) is 22.3 Å². The number of methoxy groups -OCH3 is 1. The lowest BCUT2D eigenvalue weighted by molar-refractivity contribution is -0.142. The molecule has 0 saturated carbocycles. The molecule has 0 fully saturated rings. The van der Waals surface area contributed by atoms with E-state index in [1.807, 2.05) is 0 Å². The number of rotatable bonds is 5. The summed E-state index contributed by atoms with van der Waals surface area (Å²) >= 11 is 0. The number of alkyl halides is 3. The average molecular weight is 433 g/mol. The minimum atomic E-state index is -4.79. The Bertz CT molecular complexity index is 1010. The molecule has 11 heteroatoms. The van der Waals surface area contributed by atoms with Crippen LogP contribution in [-0.2, 0) is 26.7 Å². The number of esters is 1. The van der Waals surface area contributed by atoms with E-state index in [0.29, 0.717) is 0 Å². The number of hydrogen-bond acceptors (Lipinski definition) is 5. The highest BCUT2D eigenvalue weighted by Crippen LogP contribution is 2.37. The van der Waals surface area contributed by atoms with Crippen LogP contribution in [-0.4, -0.2) is 32.0 Å². The van der Waals surface area contributed by atoms with Crippen molar-refractivity contribution in [3.05, 3.63) is 39.4 Å². The molecule has 1 aromatic carbocycles. The van der Waals surface area contributed by atoms with Crippen LogP contribution in [0.25, 0.3) is 10.9 Å². The molecule has 160 valence electrons. The van der Waals surface area contributed by atoms with E-state index in [1.54, 1.807) is 20.8 Å². The van der Waals surface area contributed by atoms with E-state index >= 15 is 0 Å². The Hall–Kier alpha value is -2.27. The van der Waals surface area contributed by atoms with E-state index in [1.165, 1.54) is 6.92 Å². The van der Waals surface area contributed by atoms with Crippen LogP contribution >= 0.6 is 0 Å². The number of hydrogen-bond donors (Lipinski definition) is 2. The molecular weight excluding hydrogens is 411 g/mol. The molecule has 2 rings (SSSR count). The number of nitrogens with zero attached hydrogens (tertiary/aromatic N) is 1. The van der Waals surface area contributed by atoms with Gasteiger partial charge in [0.05, 0.1) is 51.8 Å². The molecule has 0 amide bonds. The molecule has 29 heavy (non-hydrogen) atoms. The molecule has 0 radical (unpaired) electrons. The molecule has 0 saturated heterocycles. The second kappa shape index (κ2) is 8.23. The van der Waals surface area contributed by atoms with Gasteiger partial charge in [0.25, 0.3) is 5.56 Å². The van der Waals surface area contributed by atoms with Gasteiger partial charge in [-0.25, -0.2) is 13.9 Å². The normalized spacial score (nSPS) is 14.6. The van der Waals surface area contributed by atoms with Gasteiger partial charge >= 0.3 is 12.1 Å². The van der Waals surface area contributed by atoms with Gasteiger partial charge in [0, 0.05) is 0 Å². The number of ether oxygens (including phenoxy) is 1. The first-order valence-corrected chi connectivity index (χ1v) is 9.75. The summed E-state index contributed by atoms with van der Waals surface area (Å²) in [6, 6.07) is 0.493. The third-order valence-electron chi connectivity index (χ3n) is 4.08. The van der Waals surface area contributed by atoms with Crippen molar-refractivity contribution in [1.82, 2.24) is 14.7 Å². The summed E-state index contributed by atoms with van der Waals surface area (Å²) in [5.41, 5.74) is -2.20. The summed E-state index contributed by atoms with van der Waals surface area (Å²) in [6.45, 7) is 6.35. The first-order chi connectivity index (χ1) is 13.2. The van der Waals surface area contributed by atoms with Crippen LogP contribution in [0, 0.1) is 6.92 Å². The maximum atomic E-state index is 13.8. The zero-order valence-electron chi connectivity index (χ0n) is 16.6. The number of H-pyrrole nitrogens is 1. The average Bonchev–Trinajstić information content (AvgIpc) is 2.58. The molecule has 7 nitrogen and oxygen atoms in total. The lowest BCUT2D eigenvalue weighted by atomic mass is 9.96. The van der Waals surface area contributed by atoms with Gasteiger partial charge < -0.3 is 9.72 Å². The zero-order chi connectivity index (χ0) is 22.1. The van der Waals surface area contributed by atoms with Crippen molar-refractivity contribution in [3.8, 4) is 0 Å².